The number of nitrogens with one attached hydrogen (secondary N) is 2. The molecule has 2 N–H and O–H groups in total. The monoisotopic (exact) mass is 553 g/mol. The molecule has 0 amide bonds. The molecule has 1 aliphatic carbocycles. The van der Waals surface area contributed by atoms with Crippen molar-refractivity contribution in [2.45, 2.75) is 82.0 Å². The molecule has 40 heavy (non-hydrogen) atoms. The largest absolute Gasteiger partial charge is 0.483 e. The molecule has 2 atom stereocenters. The van der Waals surface area contributed by atoms with Gasteiger partial charge in [0.05, 0.1) is 25.1 Å². The molecule has 212 valence electrons. The van der Waals surface area contributed by atoms with Crippen molar-refractivity contribution in [3.05, 3.63) is 35.8 Å². The molecule has 3 aliphatic heterocycles. The lowest BCUT2D eigenvalue weighted by Gasteiger charge is -2.47. The molecule has 0 spiro atoms. The summed E-state index contributed by atoms with van der Waals surface area (Å²) in [5.41, 5.74) is 0.614. The lowest BCUT2D eigenvalue weighted by atomic mass is 9.84. The highest BCUT2D eigenvalue weighted by molar-refractivity contribution is 5.64. The molecule has 11 nitrogen and oxygen atoms in total. The van der Waals surface area contributed by atoms with E-state index in [0.29, 0.717) is 36.5 Å². The van der Waals surface area contributed by atoms with Crippen LogP contribution in [0.15, 0.2) is 18.3 Å². The summed E-state index contributed by atoms with van der Waals surface area (Å²) in [7, 11) is 0. The number of ether oxygens (including phenoxy) is 2. The number of piperidine rings is 1. The Morgan fingerprint density at radius 2 is 1.98 bits per heavy atom. The molecule has 13 heteroatoms. The number of nitrogens with zero attached hydrogens (tertiary/aromatic N) is 7. The van der Waals surface area contributed by atoms with Gasteiger partial charge in [0.1, 0.15) is 17.5 Å². The molecule has 7 rings (SSSR count). The number of fused-ring (bicyclic) bond motifs is 1. The maximum absolute atomic E-state index is 15.4. The number of rotatable bonds is 8. The maximum atomic E-state index is 15.4. The third-order valence-corrected chi connectivity index (χ3v) is 8.40. The van der Waals surface area contributed by atoms with E-state index in [4.69, 9.17) is 9.47 Å². The second-order valence-corrected chi connectivity index (χ2v) is 11.9. The van der Waals surface area contributed by atoms with Gasteiger partial charge >= 0.3 is 0 Å². The van der Waals surface area contributed by atoms with Crippen LogP contribution in [0.1, 0.15) is 64.1 Å². The minimum absolute atomic E-state index is 0.0200. The van der Waals surface area contributed by atoms with Crippen LogP contribution in [-0.4, -0.2) is 78.6 Å². The third kappa shape index (κ3) is 4.85. The fraction of sp³-hybridized carbons (Fsp3) is 0.593. The van der Waals surface area contributed by atoms with Gasteiger partial charge < -0.3 is 20.1 Å². The number of halogens is 2. The van der Waals surface area contributed by atoms with E-state index in [0.717, 1.165) is 44.8 Å². The summed E-state index contributed by atoms with van der Waals surface area (Å²) in [5, 5.41) is 18.4. The van der Waals surface area contributed by atoms with E-state index >= 15 is 4.39 Å². The highest BCUT2D eigenvalue weighted by Gasteiger charge is 2.43. The summed E-state index contributed by atoms with van der Waals surface area (Å²) in [6.07, 6.45) is 7.06. The van der Waals surface area contributed by atoms with Crippen LogP contribution in [0.5, 0.6) is 5.75 Å². The van der Waals surface area contributed by atoms with Gasteiger partial charge in [0.2, 0.25) is 5.95 Å². The van der Waals surface area contributed by atoms with Crippen LogP contribution in [-0.2, 0) is 4.74 Å². The van der Waals surface area contributed by atoms with E-state index in [-0.39, 0.29) is 41.1 Å². The maximum Gasteiger partial charge on any atom is 0.229 e. The van der Waals surface area contributed by atoms with E-state index in [9.17, 15) is 4.39 Å². The van der Waals surface area contributed by atoms with Gasteiger partial charge in [0.15, 0.2) is 23.3 Å². The molecule has 2 aromatic heterocycles. The highest BCUT2D eigenvalue weighted by Crippen LogP contribution is 2.41. The standard InChI is InChI=1S/C27H33F2N9O2/c1-27(2)11-16(8-17-4-3-7-37(17)27)31-24-20(29)12-30-26(33-24)32-21-10-22(38-25(15-5-6-15)34-35-36-38)23(9-19(21)28)40-18-13-39-14-18/h9-10,12,15-18H,3-8,11,13-14H2,1-2H3,(H2,30,31,32,33)/t16-,17+/m1/s1. The van der Waals surface area contributed by atoms with Crippen molar-refractivity contribution in [3.8, 4) is 11.4 Å². The summed E-state index contributed by atoms with van der Waals surface area (Å²) in [4.78, 5) is 11.0. The van der Waals surface area contributed by atoms with Gasteiger partial charge in [-0.05, 0) is 75.4 Å². The van der Waals surface area contributed by atoms with Gasteiger partial charge in [-0.2, -0.15) is 9.67 Å². The normalized spacial score (nSPS) is 24.4. The first-order valence-electron chi connectivity index (χ1n) is 14.0. The van der Waals surface area contributed by atoms with E-state index in [1.807, 2.05) is 0 Å². The van der Waals surface area contributed by atoms with E-state index in [1.54, 1.807) is 10.7 Å². The minimum Gasteiger partial charge on any atom is -0.483 e. The Balaban J connectivity index is 1.16. The fourth-order valence-electron chi connectivity index (χ4n) is 6.28. The van der Waals surface area contributed by atoms with Crippen molar-refractivity contribution in [1.82, 2.24) is 35.1 Å². The second kappa shape index (κ2) is 9.88. The number of tetrazole rings is 1. The highest BCUT2D eigenvalue weighted by atomic mass is 19.1. The van der Waals surface area contributed by atoms with Crippen molar-refractivity contribution in [2.24, 2.45) is 0 Å². The lowest BCUT2D eigenvalue weighted by molar-refractivity contribution is -0.0797. The van der Waals surface area contributed by atoms with E-state index < -0.39 is 11.6 Å². The Bertz CT molecular complexity index is 1410. The lowest BCUT2D eigenvalue weighted by Crippen LogP contribution is -2.55. The zero-order valence-corrected chi connectivity index (χ0v) is 22.6. The van der Waals surface area contributed by atoms with Gasteiger partial charge in [-0.15, -0.1) is 5.10 Å². The summed E-state index contributed by atoms with van der Waals surface area (Å²) >= 11 is 0. The summed E-state index contributed by atoms with van der Waals surface area (Å²) < 4.78 is 43.0. The average Bonchev–Trinajstić information content (AvgIpc) is 3.40. The van der Waals surface area contributed by atoms with E-state index in [2.05, 4.69) is 54.9 Å². The van der Waals surface area contributed by atoms with Crippen LogP contribution in [0.4, 0.5) is 26.2 Å². The quantitative estimate of drug-likeness (QED) is 0.425. The smallest absolute Gasteiger partial charge is 0.229 e. The number of benzene rings is 1. The number of anilines is 3. The first-order chi connectivity index (χ1) is 19.3. The van der Waals surface area contributed by atoms with Crippen molar-refractivity contribution >= 4 is 17.5 Å². The predicted molar refractivity (Wildman–Crippen MR) is 142 cm³/mol. The van der Waals surface area contributed by atoms with Gasteiger partial charge in [0, 0.05) is 29.6 Å². The molecular weight excluding hydrogens is 520 g/mol. The molecule has 0 radical (unpaired) electrons. The molecule has 5 heterocycles. The topological polar surface area (TPSA) is 115 Å². The predicted octanol–water partition coefficient (Wildman–Crippen LogP) is 3.95. The fourth-order valence-corrected chi connectivity index (χ4v) is 6.28. The molecule has 4 fully saturated rings. The Labute approximate surface area is 230 Å². The molecule has 4 aliphatic rings. The summed E-state index contributed by atoms with van der Waals surface area (Å²) in [5.74, 6) is 0.331. The second-order valence-electron chi connectivity index (χ2n) is 11.9. The van der Waals surface area contributed by atoms with Gasteiger partial charge in [-0.3, -0.25) is 4.90 Å². The van der Waals surface area contributed by atoms with E-state index in [1.165, 1.54) is 12.5 Å². The molecule has 3 aromatic rings. The van der Waals surface area contributed by atoms with Crippen molar-refractivity contribution in [1.29, 1.82) is 0 Å². The van der Waals surface area contributed by atoms with Crippen molar-refractivity contribution in [3.63, 3.8) is 0 Å². The number of hydrogen-bond donors (Lipinski definition) is 2. The molecule has 0 unspecified atom stereocenters. The van der Waals surface area contributed by atoms with Gasteiger partial charge in [0.25, 0.3) is 0 Å². The van der Waals surface area contributed by atoms with Crippen molar-refractivity contribution < 1.29 is 18.3 Å². The summed E-state index contributed by atoms with van der Waals surface area (Å²) in [6.45, 7) is 6.46. The zero-order valence-electron chi connectivity index (χ0n) is 22.6. The summed E-state index contributed by atoms with van der Waals surface area (Å²) in [6, 6.07) is 3.43. The molecule has 1 aromatic carbocycles. The van der Waals surface area contributed by atoms with Crippen LogP contribution in [0.3, 0.4) is 0 Å². The zero-order chi connectivity index (χ0) is 27.4. The average molecular weight is 554 g/mol. The molecule has 3 saturated heterocycles. The van der Waals surface area contributed by atoms with Gasteiger partial charge in [-0.25, -0.2) is 13.8 Å². The minimum atomic E-state index is -0.571. The van der Waals surface area contributed by atoms with Gasteiger partial charge in [-0.1, -0.05) is 0 Å². The first-order valence-corrected chi connectivity index (χ1v) is 14.0. The Hall–Kier alpha value is -3.45. The van der Waals surface area contributed by atoms with Crippen LogP contribution in [0.2, 0.25) is 0 Å². The Morgan fingerprint density at radius 3 is 2.75 bits per heavy atom. The molecule has 1 saturated carbocycles. The number of hydrogen-bond acceptors (Lipinski definition) is 10. The molecule has 0 bridgehead atoms. The van der Waals surface area contributed by atoms with Crippen LogP contribution in [0.25, 0.3) is 5.69 Å². The van der Waals surface area contributed by atoms with Crippen LogP contribution >= 0.6 is 0 Å². The number of aromatic nitrogens is 6. The third-order valence-electron chi connectivity index (χ3n) is 8.40. The Kier molecular flexibility index (Phi) is 6.30. The van der Waals surface area contributed by atoms with Crippen LogP contribution in [0, 0.1) is 11.6 Å². The SMILES string of the molecule is CC1(C)C[C@H](Nc2nc(Nc3cc(-n4nnnc4C4CC4)c(OC4COC4)cc3F)ncc2F)C[C@@H]2CCCN21. The Morgan fingerprint density at radius 1 is 1.12 bits per heavy atom. The van der Waals surface area contributed by atoms with Crippen molar-refractivity contribution in [2.75, 3.05) is 30.4 Å². The molecular formula is C27H33F2N9O2. The first kappa shape index (κ1) is 25.5. The van der Waals surface area contributed by atoms with Crippen LogP contribution < -0.4 is 15.4 Å².